The van der Waals surface area contributed by atoms with Crippen molar-refractivity contribution in [3.63, 3.8) is 0 Å². The van der Waals surface area contributed by atoms with Crippen molar-refractivity contribution in [2.75, 3.05) is 5.32 Å². The highest BCUT2D eigenvalue weighted by molar-refractivity contribution is 6.35. The predicted molar refractivity (Wildman–Crippen MR) is 76.8 cm³/mol. The van der Waals surface area contributed by atoms with Gasteiger partial charge in [0.2, 0.25) is 5.95 Å². The molecule has 18 heavy (non-hydrogen) atoms. The number of hydrogen-bond acceptors (Lipinski definition) is 2. The summed E-state index contributed by atoms with van der Waals surface area (Å²) in [5, 5.41) is 4.47. The molecule has 0 aliphatic heterocycles. The van der Waals surface area contributed by atoms with E-state index < -0.39 is 0 Å². The van der Waals surface area contributed by atoms with Gasteiger partial charge in [0.25, 0.3) is 0 Å². The van der Waals surface area contributed by atoms with E-state index in [1.54, 1.807) is 24.4 Å². The highest BCUT2D eigenvalue weighted by Crippen LogP contribution is 2.28. The number of halogens is 2. The molecule has 0 unspecified atom stereocenters. The second-order valence-corrected chi connectivity index (χ2v) is 5.39. The lowest BCUT2D eigenvalue weighted by Gasteiger charge is -2.12. The largest absolute Gasteiger partial charge is 0.324 e. The van der Waals surface area contributed by atoms with E-state index in [9.17, 15) is 0 Å². The van der Waals surface area contributed by atoms with Gasteiger partial charge in [-0.25, -0.2) is 4.98 Å². The average Bonchev–Trinajstić information content (AvgIpc) is 2.70. The van der Waals surface area contributed by atoms with Crippen molar-refractivity contribution in [3.8, 4) is 0 Å². The van der Waals surface area contributed by atoms with Gasteiger partial charge >= 0.3 is 0 Å². The molecule has 3 nitrogen and oxygen atoms in total. The highest BCUT2D eigenvalue weighted by Gasteiger charge is 2.07. The number of aromatic nitrogens is 2. The smallest absolute Gasteiger partial charge is 0.207 e. The van der Waals surface area contributed by atoms with Crippen LogP contribution >= 0.6 is 23.2 Å². The van der Waals surface area contributed by atoms with Crippen LogP contribution in [0.1, 0.15) is 13.8 Å². The molecule has 1 N–H and O–H groups in total. The first-order chi connectivity index (χ1) is 8.56. The molecule has 2 aromatic rings. The van der Waals surface area contributed by atoms with E-state index in [1.807, 2.05) is 6.20 Å². The minimum atomic E-state index is 0.551. The van der Waals surface area contributed by atoms with Crippen molar-refractivity contribution >= 4 is 34.8 Å². The van der Waals surface area contributed by atoms with Crippen molar-refractivity contribution in [3.05, 3.63) is 40.6 Å². The van der Waals surface area contributed by atoms with Gasteiger partial charge in [-0.05, 0) is 24.1 Å². The Morgan fingerprint density at radius 3 is 2.83 bits per heavy atom. The van der Waals surface area contributed by atoms with Gasteiger partial charge in [0, 0.05) is 24.0 Å². The maximum Gasteiger partial charge on any atom is 0.207 e. The molecule has 0 atom stereocenters. The Hall–Kier alpha value is -1.19. The van der Waals surface area contributed by atoms with Crippen LogP contribution in [0.15, 0.2) is 30.6 Å². The number of benzene rings is 1. The van der Waals surface area contributed by atoms with Crippen LogP contribution < -0.4 is 5.32 Å². The molecule has 0 aliphatic carbocycles. The fraction of sp³-hybridized carbons (Fsp3) is 0.308. The predicted octanol–water partition coefficient (Wildman–Crippen LogP) is 4.59. The molecule has 1 aromatic heterocycles. The molecule has 0 spiro atoms. The zero-order valence-electron chi connectivity index (χ0n) is 10.3. The van der Waals surface area contributed by atoms with E-state index in [1.165, 1.54) is 0 Å². The lowest BCUT2D eigenvalue weighted by molar-refractivity contribution is 0.527. The van der Waals surface area contributed by atoms with Gasteiger partial charge in [-0.1, -0.05) is 37.0 Å². The molecule has 2 rings (SSSR count). The first-order valence-electron chi connectivity index (χ1n) is 5.79. The SMILES string of the molecule is CC(C)Cn1ccnc1Nc1cc(Cl)ccc1Cl. The molecule has 96 valence electrons. The molecule has 0 aliphatic rings. The normalized spacial score (nSPS) is 10.9. The van der Waals surface area contributed by atoms with Crippen LogP contribution in [0.5, 0.6) is 0 Å². The van der Waals surface area contributed by atoms with E-state index in [4.69, 9.17) is 23.2 Å². The van der Waals surface area contributed by atoms with Gasteiger partial charge in [0.15, 0.2) is 0 Å². The Kier molecular flexibility index (Phi) is 4.15. The van der Waals surface area contributed by atoms with Crippen molar-refractivity contribution < 1.29 is 0 Å². The second kappa shape index (κ2) is 5.63. The number of anilines is 2. The van der Waals surface area contributed by atoms with Crippen LogP contribution in [0.2, 0.25) is 10.0 Å². The molecule has 0 fully saturated rings. The third kappa shape index (κ3) is 3.18. The maximum atomic E-state index is 6.11. The summed E-state index contributed by atoms with van der Waals surface area (Å²) in [6.07, 6.45) is 3.71. The Labute approximate surface area is 117 Å². The van der Waals surface area contributed by atoms with Gasteiger partial charge in [-0.15, -0.1) is 0 Å². The summed E-state index contributed by atoms with van der Waals surface area (Å²) in [5.74, 6) is 1.32. The van der Waals surface area contributed by atoms with E-state index >= 15 is 0 Å². The van der Waals surface area contributed by atoms with Gasteiger partial charge in [-0.3, -0.25) is 0 Å². The summed E-state index contributed by atoms with van der Waals surface area (Å²) in [5.41, 5.74) is 0.764. The molecule has 5 heteroatoms. The van der Waals surface area contributed by atoms with E-state index in [2.05, 4.69) is 28.7 Å². The third-order valence-electron chi connectivity index (χ3n) is 2.45. The Balaban J connectivity index is 2.23. The standard InChI is InChI=1S/C13H15Cl2N3/c1-9(2)8-18-6-5-16-13(18)17-12-7-10(14)3-4-11(12)15/h3-7,9H,8H2,1-2H3,(H,16,17). The van der Waals surface area contributed by atoms with Gasteiger partial charge in [0.05, 0.1) is 10.7 Å². The number of hydrogen-bond donors (Lipinski definition) is 1. The number of nitrogens with zero attached hydrogens (tertiary/aromatic N) is 2. The number of nitrogens with one attached hydrogen (secondary N) is 1. The third-order valence-corrected chi connectivity index (χ3v) is 3.02. The number of rotatable bonds is 4. The van der Waals surface area contributed by atoms with Crippen molar-refractivity contribution in [1.29, 1.82) is 0 Å². The van der Waals surface area contributed by atoms with Crippen molar-refractivity contribution in [1.82, 2.24) is 9.55 Å². The van der Waals surface area contributed by atoms with Gasteiger partial charge in [0.1, 0.15) is 0 Å². The monoisotopic (exact) mass is 283 g/mol. The van der Waals surface area contributed by atoms with E-state index in [-0.39, 0.29) is 0 Å². The molecule has 0 radical (unpaired) electrons. The molecule has 1 heterocycles. The minimum absolute atomic E-state index is 0.551. The summed E-state index contributed by atoms with van der Waals surface area (Å²) >= 11 is 12.1. The summed E-state index contributed by atoms with van der Waals surface area (Å²) in [6, 6.07) is 5.32. The van der Waals surface area contributed by atoms with Gasteiger partial charge in [-0.2, -0.15) is 0 Å². The summed E-state index contributed by atoms with van der Waals surface area (Å²) in [4.78, 5) is 4.29. The van der Waals surface area contributed by atoms with Crippen LogP contribution in [0.3, 0.4) is 0 Å². The Morgan fingerprint density at radius 2 is 2.11 bits per heavy atom. The van der Waals surface area contributed by atoms with Crippen LogP contribution in [0.25, 0.3) is 0 Å². The molecular formula is C13H15Cl2N3. The maximum absolute atomic E-state index is 6.11. The highest BCUT2D eigenvalue weighted by atomic mass is 35.5. The molecular weight excluding hydrogens is 269 g/mol. The number of imidazole rings is 1. The second-order valence-electron chi connectivity index (χ2n) is 4.55. The molecule has 0 saturated heterocycles. The van der Waals surface area contributed by atoms with Crippen LogP contribution in [0, 0.1) is 5.92 Å². The van der Waals surface area contributed by atoms with E-state index in [0.29, 0.717) is 16.0 Å². The van der Waals surface area contributed by atoms with Crippen molar-refractivity contribution in [2.24, 2.45) is 5.92 Å². The lowest BCUT2D eigenvalue weighted by Crippen LogP contribution is -2.07. The zero-order chi connectivity index (χ0) is 13.1. The quantitative estimate of drug-likeness (QED) is 0.889. The van der Waals surface area contributed by atoms with Crippen molar-refractivity contribution in [2.45, 2.75) is 20.4 Å². The van der Waals surface area contributed by atoms with E-state index in [0.717, 1.165) is 18.2 Å². The molecule has 1 aromatic carbocycles. The summed E-state index contributed by atoms with van der Waals surface area (Å²) < 4.78 is 2.06. The summed E-state index contributed by atoms with van der Waals surface area (Å²) in [6.45, 7) is 5.23. The minimum Gasteiger partial charge on any atom is -0.324 e. The molecule has 0 saturated carbocycles. The van der Waals surface area contributed by atoms with Crippen LogP contribution in [-0.2, 0) is 6.54 Å². The topological polar surface area (TPSA) is 29.9 Å². The molecule has 0 amide bonds. The Bertz CT molecular complexity index is 535. The van der Waals surface area contributed by atoms with Crippen LogP contribution in [0.4, 0.5) is 11.6 Å². The average molecular weight is 284 g/mol. The molecule has 0 bridgehead atoms. The van der Waals surface area contributed by atoms with Gasteiger partial charge < -0.3 is 9.88 Å². The fourth-order valence-electron chi connectivity index (χ4n) is 1.69. The summed E-state index contributed by atoms with van der Waals surface area (Å²) in [7, 11) is 0. The Morgan fingerprint density at radius 1 is 1.33 bits per heavy atom. The first-order valence-corrected chi connectivity index (χ1v) is 6.55. The first kappa shape index (κ1) is 13.2. The fourth-order valence-corrected chi connectivity index (χ4v) is 2.02. The van der Waals surface area contributed by atoms with Crippen LogP contribution in [-0.4, -0.2) is 9.55 Å². The lowest BCUT2D eigenvalue weighted by atomic mass is 10.2. The zero-order valence-corrected chi connectivity index (χ0v) is 11.8.